The molecule has 0 spiro atoms. The summed E-state index contributed by atoms with van der Waals surface area (Å²) in [5.74, 6) is -1.05. The Kier molecular flexibility index (Phi) is 6.54. The topological polar surface area (TPSA) is 128 Å². The number of hydrogen-bond donors (Lipinski definition) is 2. The van der Waals surface area contributed by atoms with E-state index >= 15 is 0 Å². The summed E-state index contributed by atoms with van der Waals surface area (Å²) in [4.78, 5) is 13.9. The van der Waals surface area contributed by atoms with E-state index in [1.54, 1.807) is 12.1 Å². The number of nitrogens with zero attached hydrogens (tertiary/aromatic N) is 5. The maximum absolute atomic E-state index is 14.5. The zero-order valence-corrected chi connectivity index (χ0v) is 19.1. The number of halogens is 2. The number of nitrogens with one attached hydrogen (secondary N) is 1. The van der Waals surface area contributed by atoms with Crippen LogP contribution in [0.1, 0.15) is 0 Å². The number of anilines is 2. The third-order valence-electron chi connectivity index (χ3n) is 4.11. The molecule has 0 aliphatic carbocycles. The highest BCUT2D eigenvalue weighted by Gasteiger charge is 2.22. The lowest BCUT2D eigenvalue weighted by Gasteiger charge is -2.13. The van der Waals surface area contributed by atoms with Gasteiger partial charge in [0.1, 0.15) is 10.7 Å². The maximum atomic E-state index is 14.5. The normalized spacial score (nSPS) is 11.8. The zero-order valence-electron chi connectivity index (χ0n) is 16.1. The van der Waals surface area contributed by atoms with Crippen LogP contribution < -0.4 is 16.1 Å². The Morgan fingerprint density at radius 2 is 1.87 bits per heavy atom. The summed E-state index contributed by atoms with van der Waals surface area (Å²) in [5, 5.41) is 15.8. The molecule has 10 nitrogen and oxygen atoms in total. The van der Waals surface area contributed by atoms with Gasteiger partial charge in [-0.2, -0.15) is 9.36 Å². The van der Waals surface area contributed by atoms with Crippen molar-refractivity contribution in [2.75, 3.05) is 26.0 Å². The number of tetrazole rings is 1. The Hall–Kier alpha value is -2.36. The summed E-state index contributed by atoms with van der Waals surface area (Å²) >= 11 is 2.14. The van der Waals surface area contributed by atoms with Crippen LogP contribution in [0.15, 0.2) is 46.1 Å². The fourth-order valence-corrected chi connectivity index (χ4v) is 3.55. The Balaban J connectivity index is 2.13. The molecule has 0 unspecified atom stereocenters. The van der Waals surface area contributed by atoms with E-state index in [-0.39, 0.29) is 17.9 Å². The summed E-state index contributed by atoms with van der Waals surface area (Å²) in [6.07, 6.45) is 0. The second-order valence-electron chi connectivity index (χ2n) is 6.68. The zero-order chi connectivity index (χ0) is 22.1. The number of hydrogen-bond acceptors (Lipinski definition) is 7. The molecule has 0 bridgehead atoms. The quantitative estimate of drug-likeness (QED) is 0.425. The van der Waals surface area contributed by atoms with Crippen molar-refractivity contribution < 1.29 is 12.8 Å². The van der Waals surface area contributed by atoms with Crippen LogP contribution in [0, 0.1) is 9.39 Å². The molecule has 0 saturated heterocycles. The molecule has 0 fully saturated rings. The molecule has 0 aliphatic rings. The Morgan fingerprint density at radius 3 is 2.47 bits per heavy atom. The predicted molar refractivity (Wildman–Crippen MR) is 118 cm³/mol. The molecule has 160 valence electrons. The summed E-state index contributed by atoms with van der Waals surface area (Å²) in [6, 6.07) is 9.11. The highest BCUT2D eigenvalue weighted by atomic mass is 127. The van der Waals surface area contributed by atoms with Crippen LogP contribution in [-0.4, -0.2) is 53.7 Å². The van der Waals surface area contributed by atoms with Crippen molar-refractivity contribution in [3.8, 4) is 5.69 Å². The van der Waals surface area contributed by atoms with Crippen molar-refractivity contribution >= 4 is 44.0 Å². The first-order valence-corrected chi connectivity index (χ1v) is 11.3. The molecule has 3 N–H and O–H groups in total. The van der Waals surface area contributed by atoms with Gasteiger partial charge in [0.2, 0.25) is 10.0 Å². The molecule has 30 heavy (non-hydrogen) atoms. The van der Waals surface area contributed by atoms with Gasteiger partial charge in [-0.1, -0.05) is 0 Å². The number of sulfonamides is 1. The first-order valence-electron chi connectivity index (χ1n) is 8.63. The Morgan fingerprint density at radius 1 is 1.20 bits per heavy atom. The average molecular weight is 547 g/mol. The van der Waals surface area contributed by atoms with Crippen LogP contribution >= 0.6 is 22.6 Å². The van der Waals surface area contributed by atoms with Crippen LogP contribution in [-0.2, 0) is 16.6 Å². The van der Waals surface area contributed by atoms with Gasteiger partial charge < -0.3 is 10.2 Å². The largest absolute Gasteiger partial charge is 0.368 e. The Bertz CT molecular complexity index is 1220. The third kappa shape index (κ3) is 5.03. The molecule has 0 amide bonds. The van der Waals surface area contributed by atoms with Gasteiger partial charge in [0.05, 0.1) is 17.9 Å². The summed E-state index contributed by atoms with van der Waals surface area (Å²) in [6.45, 7) is 0.813. The van der Waals surface area contributed by atoms with Crippen molar-refractivity contribution in [2.45, 2.75) is 11.4 Å². The van der Waals surface area contributed by atoms with E-state index in [9.17, 15) is 17.6 Å². The molecule has 1 heterocycles. The monoisotopic (exact) mass is 547 g/mol. The molecule has 13 heteroatoms. The molecule has 0 atom stereocenters. The van der Waals surface area contributed by atoms with Gasteiger partial charge in [0.15, 0.2) is 0 Å². The minimum Gasteiger partial charge on any atom is -0.354 e. The molecule has 2 aromatic carbocycles. The lowest BCUT2D eigenvalue weighted by Crippen LogP contribution is -2.29. The number of benzene rings is 2. The van der Waals surface area contributed by atoms with E-state index in [0.717, 1.165) is 25.1 Å². The molecule has 3 aromatic rings. The lowest BCUT2D eigenvalue weighted by molar-refractivity contribution is 0.367. The second kappa shape index (κ2) is 8.79. The van der Waals surface area contributed by atoms with Crippen molar-refractivity contribution in [1.29, 1.82) is 0 Å². The third-order valence-corrected chi connectivity index (χ3v) is 5.75. The smallest absolute Gasteiger partial charge is 0.354 e. The number of likely N-dealkylation sites (N-methyl/N-ethyl adjacent to an activating group) is 1. The van der Waals surface area contributed by atoms with Gasteiger partial charge in [-0.25, -0.2) is 22.7 Å². The van der Waals surface area contributed by atoms with E-state index in [1.807, 2.05) is 31.1 Å². The summed E-state index contributed by atoms with van der Waals surface area (Å²) in [7, 11) is -0.679. The van der Waals surface area contributed by atoms with Crippen molar-refractivity contribution in [3.05, 3.63) is 56.3 Å². The molecule has 1 aromatic heterocycles. The molecular formula is C17H19FIN7O3S. The van der Waals surface area contributed by atoms with Gasteiger partial charge >= 0.3 is 5.69 Å². The van der Waals surface area contributed by atoms with Gasteiger partial charge in [0.25, 0.3) is 0 Å². The second-order valence-corrected chi connectivity index (χ2v) is 9.45. The minimum atomic E-state index is -4.37. The van der Waals surface area contributed by atoms with Gasteiger partial charge in [-0.15, -0.1) is 0 Å². The van der Waals surface area contributed by atoms with Gasteiger partial charge in [0, 0.05) is 21.9 Å². The fraction of sp³-hybridized carbons (Fsp3) is 0.235. The first kappa shape index (κ1) is 22.3. The van der Waals surface area contributed by atoms with E-state index in [4.69, 9.17) is 5.14 Å². The number of rotatable bonds is 7. The van der Waals surface area contributed by atoms with Crippen LogP contribution in [0.4, 0.5) is 15.8 Å². The van der Waals surface area contributed by atoms with Crippen molar-refractivity contribution in [3.63, 3.8) is 0 Å². The SMILES string of the molecule is CN(C)CCn1nnn(-c2cc(S(N)(=O)=O)c(F)cc2Nc2ccc(I)cc2)c1=O. The van der Waals surface area contributed by atoms with Crippen molar-refractivity contribution in [1.82, 2.24) is 24.7 Å². The minimum absolute atomic E-state index is 0.0000723. The highest BCUT2D eigenvalue weighted by molar-refractivity contribution is 14.1. The molecule has 0 radical (unpaired) electrons. The lowest BCUT2D eigenvalue weighted by atomic mass is 10.2. The van der Waals surface area contributed by atoms with Crippen LogP contribution in [0.2, 0.25) is 0 Å². The average Bonchev–Trinajstić information content (AvgIpc) is 3.01. The van der Waals surface area contributed by atoms with E-state index < -0.39 is 26.4 Å². The summed E-state index contributed by atoms with van der Waals surface area (Å²) < 4.78 is 41.1. The van der Waals surface area contributed by atoms with Gasteiger partial charge in [-0.05, 0) is 77.4 Å². The molecular weight excluding hydrogens is 528 g/mol. The fourth-order valence-electron chi connectivity index (χ4n) is 2.59. The number of aromatic nitrogens is 4. The molecule has 0 aliphatic heterocycles. The van der Waals surface area contributed by atoms with E-state index in [1.165, 1.54) is 0 Å². The van der Waals surface area contributed by atoms with Crippen LogP contribution in [0.25, 0.3) is 5.69 Å². The first-order chi connectivity index (χ1) is 14.1. The Labute approximate surface area is 185 Å². The van der Waals surface area contributed by atoms with Crippen LogP contribution in [0.3, 0.4) is 0 Å². The standard InChI is InChI=1S/C17H19FIN7O3S/c1-24(2)7-8-25-17(27)26(23-22-25)15-10-16(30(20,28)29)13(18)9-14(15)21-12-5-3-11(19)4-6-12/h3-6,9-10,21H,7-8H2,1-2H3,(H2,20,28,29). The molecule has 3 rings (SSSR count). The number of primary sulfonamides is 1. The van der Waals surface area contributed by atoms with Crippen molar-refractivity contribution in [2.24, 2.45) is 5.14 Å². The van der Waals surface area contributed by atoms with E-state index in [2.05, 4.69) is 38.3 Å². The maximum Gasteiger partial charge on any atom is 0.368 e. The highest BCUT2D eigenvalue weighted by Crippen LogP contribution is 2.28. The predicted octanol–water partition coefficient (Wildman–Crippen LogP) is 1.13. The van der Waals surface area contributed by atoms with Gasteiger partial charge in [-0.3, -0.25) is 0 Å². The summed E-state index contributed by atoms with van der Waals surface area (Å²) in [5.41, 5.74) is 0.130. The van der Waals surface area contributed by atoms with E-state index in [0.29, 0.717) is 12.2 Å². The molecule has 0 saturated carbocycles. The number of nitrogens with two attached hydrogens (primary N) is 1. The van der Waals surface area contributed by atoms with Crippen LogP contribution in [0.5, 0.6) is 0 Å².